The van der Waals surface area contributed by atoms with Crippen LogP contribution in [0, 0.1) is 10.1 Å². The lowest BCUT2D eigenvalue weighted by molar-refractivity contribution is -0.384. The third-order valence-electron chi connectivity index (χ3n) is 3.68. The summed E-state index contributed by atoms with van der Waals surface area (Å²) < 4.78 is 0. The van der Waals surface area contributed by atoms with E-state index in [2.05, 4.69) is 20.6 Å². The Morgan fingerprint density at radius 2 is 2.29 bits per heavy atom. The second-order valence-electron chi connectivity index (χ2n) is 5.21. The van der Waals surface area contributed by atoms with Gasteiger partial charge in [-0.2, -0.15) is 0 Å². The van der Waals surface area contributed by atoms with E-state index in [0.29, 0.717) is 22.9 Å². The van der Waals surface area contributed by atoms with Gasteiger partial charge in [-0.1, -0.05) is 6.42 Å². The number of piperidine rings is 1. The molecule has 2 N–H and O–H groups in total. The van der Waals surface area contributed by atoms with Crippen molar-refractivity contribution >= 4 is 22.5 Å². The van der Waals surface area contributed by atoms with E-state index in [4.69, 9.17) is 0 Å². The Labute approximate surface area is 121 Å². The molecule has 7 heteroatoms. The van der Waals surface area contributed by atoms with Crippen molar-refractivity contribution in [2.24, 2.45) is 0 Å². The molecule has 0 aliphatic carbocycles. The summed E-state index contributed by atoms with van der Waals surface area (Å²) in [4.78, 5) is 19.0. The predicted molar refractivity (Wildman–Crippen MR) is 80.3 cm³/mol. The first kappa shape index (κ1) is 13.7. The summed E-state index contributed by atoms with van der Waals surface area (Å²) >= 11 is 0. The molecule has 110 valence electrons. The number of aromatic nitrogens is 2. The Morgan fingerprint density at radius 3 is 3.05 bits per heavy atom. The smallest absolute Gasteiger partial charge is 0.271 e. The molecule has 0 radical (unpaired) electrons. The lowest BCUT2D eigenvalue weighted by atomic mass is 10.1. The summed E-state index contributed by atoms with van der Waals surface area (Å²) in [6.45, 7) is 1.88. The molecule has 3 rings (SSSR count). The van der Waals surface area contributed by atoms with Crippen LogP contribution >= 0.6 is 0 Å². The first-order chi connectivity index (χ1) is 10.2. The highest BCUT2D eigenvalue weighted by molar-refractivity contribution is 5.78. The Morgan fingerprint density at radius 1 is 1.38 bits per heavy atom. The highest BCUT2D eigenvalue weighted by atomic mass is 16.6. The molecular weight excluding hydrogens is 270 g/mol. The van der Waals surface area contributed by atoms with Gasteiger partial charge < -0.3 is 10.6 Å². The fourth-order valence-electron chi connectivity index (χ4n) is 2.52. The molecule has 2 aromatic rings. The highest BCUT2D eigenvalue weighted by Crippen LogP contribution is 2.19. The molecule has 7 nitrogen and oxygen atoms in total. The molecule has 2 heterocycles. The summed E-state index contributed by atoms with van der Waals surface area (Å²) in [5, 5.41) is 17.5. The monoisotopic (exact) mass is 287 g/mol. The van der Waals surface area contributed by atoms with Crippen LogP contribution in [0.3, 0.4) is 0 Å². The molecule has 1 aromatic carbocycles. The molecule has 0 unspecified atom stereocenters. The van der Waals surface area contributed by atoms with Gasteiger partial charge in [0.1, 0.15) is 5.82 Å². The van der Waals surface area contributed by atoms with Crippen molar-refractivity contribution in [3.63, 3.8) is 0 Å². The summed E-state index contributed by atoms with van der Waals surface area (Å²) in [6, 6.07) is 4.98. The molecule has 1 aliphatic heterocycles. The minimum atomic E-state index is -0.429. The van der Waals surface area contributed by atoms with Crippen LogP contribution in [-0.2, 0) is 0 Å². The number of anilines is 1. The zero-order valence-electron chi connectivity index (χ0n) is 11.6. The van der Waals surface area contributed by atoms with E-state index in [0.717, 1.165) is 13.1 Å². The van der Waals surface area contributed by atoms with Crippen molar-refractivity contribution in [2.45, 2.75) is 25.3 Å². The molecule has 1 saturated heterocycles. The largest absolute Gasteiger partial charge is 0.367 e. The maximum atomic E-state index is 10.7. The molecule has 0 saturated carbocycles. The van der Waals surface area contributed by atoms with Crippen molar-refractivity contribution in [3.8, 4) is 0 Å². The minimum Gasteiger partial charge on any atom is -0.367 e. The topological polar surface area (TPSA) is 93.0 Å². The number of nitro benzene ring substituents is 1. The average molecular weight is 287 g/mol. The van der Waals surface area contributed by atoms with E-state index in [1.165, 1.54) is 31.4 Å². The average Bonchev–Trinajstić information content (AvgIpc) is 2.53. The maximum absolute atomic E-state index is 10.7. The van der Waals surface area contributed by atoms with Gasteiger partial charge in [0, 0.05) is 24.7 Å². The van der Waals surface area contributed by atoms with Crippen LogP contribution in [0.15, 0.2) is 24.4 Å². The normalized spacial score (nSPS) is 18.6. The Balaban J connectivity index is 1.71. The lowest BCUT2D eigenvalue weighted by Crippen LogP contribution is -2.39. The van der Waals surface area contributed by atoms with Gasteiger partial charge in [-0.05, 0) is 25.5 Å². The maximum Gasteiger partial charge on any atom is 0.271 e. The van der Waals surface area contributed by atoms with Gasteiger partial charge in [-0.15, -0.1) is 0 Å². The number of benzene rings is 1. The van der Waals surface area contributed by atoms with Gasteiger partial charge in [0.05, 0.1) is 22.2 Å². The van der Waals surface area contributed by atoms with Gasteiger partial charge >= 0.3 is 0 Å². The van der Waals surface area contributed by atoms with Gasteiger partial charge in [0.25, 0.3) is 5.69 Å². The molecule has 1 atom stereocenters. The first-order valence-electron chi connectivity index (χ1n) is 7.11. The second kappa shape index (κ2) is 6.01. The molecule has 21 heavy (non-hydrogen) atoms. The van der Waals surface area contributed by atoms with Crippen molar-refractivity contribution < 1.29 is 4.92 Å². The van der Waals surface area contributed by atoms with E-state index in [1.807, 2.05) is 0 Å². The Bertz CT molecular complexity index is 655. The van der Waals surface area contributed by atoms with Crippen LogP contribution in [0.25, 0.3) is 11.0 Å². The van der Waals surface area contributed by atoms with Crippen molar-refractivity contribution in [2.75, 3.05) is 18.4 Å². The first-order valence-corrected chi connectivity index (χ1v) is 7.11. The van der Waals surface area contributed by atoms with E-state index in [9.17, 15) is 10.1 Å². The highest BCUT2D eigenvalue weighted by Gasteiger charge is 2.12. The van der Waals surface area contributed by atoms with Crippen molar-refractivity contribution in [1.29, 1.82) is 0 Å². The van der Waals surface area contributed by atoms with E-state index in [1.54, 1.807) is 12.3 Å². The number of hydrogen-bond donors (Lipinski definition) is 2. The fraction of sp³-hybridized carbons (Fsp3) is 0.429. The second-order valence-corrected chi connectivity index (χ2v) is 5.21. The number of fused-ring (bicyclic) bond motifs is 1. The quantitative estimate of drug-likeness (QED) is 0.660. The van der Waals surface area contributed by atoms with Gasteiger partial charge in [-0.25, -0.2) is 4.98 Å². The number of nitrogens with one attached hydrogen (secondary N) is 2. The van der Waals surface area contributed by atoms with Crippen LogP contribution < -0.4 is 10.6 Å². The van der Waals surface area contributed by atoms with Crippen LogP contribution in [0.4, 0.5) is 11.5 Å². The number of rotatable bonds is 4. The van der Waals surface area contributed by atoms with Crippen LogP contribution in [-0.4, -0.2) is 34.0 Å². The van der Waals surface area contributed by atoms with Crippen LogP contribution in [0.1, 0.15) is 19.3 Å². The summed E-state index contributed by atoms with van der Waals surface area (Å²) in [5.74, 6) is 0.698. The van der Waals surface area contributed by atoms with Crippen LogP contribution in [0.5, 0.6) is 0 Å². The Hall–Kier alpha value is -2.28. The standard InChI is InChI=1S/C14H17N5O2/c20-19(21)11-4-5-12-13(7-11)16-9-14(18-12)17-8-10-3-1-2-6-15-10/h4-5,7,9-10,15H,1-3,6,8H2,(H,17,18)/t10-/m1/s1. The number of nitro groups is 1. The zero-order chi connectivity index (χ0) is 14.7. The fourth-order valence-corrected chi connectivity index (χ4v) is 2.52. The number of hydrogen-bond acceptors (Lipinski definition) is 6. The lowest BCUT2D eigenvalue weighted by Gasteiger charge is -2.23. The van der Waals surface area contributed by atoms with Crippen LogP contribution in [0.2, 0.25) is 0 Å². The van der Waals surface area contributed by atoms with Gasteiger partial charge in [0.15, 0.2) is 0 Å². The molecule has 1 fully saturated rings. The summed E-state index contributed by atoms with van der Waals surface area (Å²) in [6.07, 6.45) is 5.28. The van der Waals surface area contributed by atoms with Gasteiger partial charge in [0.2, 0.25) is 0 Å². The number of nitrogens with zero attached hydrogens (tertiary/aromatic N) is 3. The summed E-state index contributed by atoms with van der Waals surface area (Å²) in [7, 11) is 0. The predicted octanol–water partition coefficient (Wildman–Crippen LogP) is 2.09. The molecule has 0 bridgehead atoms. The molecule has 1 aromatic heterocycles. The molecule has 0 spiro atoms. The van der Waals surface area contributed by atoms with Gasteiger partial charge in [-0.3, -0.25) is 15.1 Å². The van der Waals surface area contributed by atoms with Crippen molar-refractivity contribution in [3.05, 3.63) is 34.5 Å². The zero-order valence-corrected chi connectivity index (χ0v) is 11.6. The molecule has 1 aliphatic rings. The summed E-state index contributed by atoms with van der Waals surface area (Å²) in [5.41, 5.74) is 1.22. The minimum absolute atomic E-state index is 0.0314. The SMILES string of the molecule is O=[N+]([O-])c1ccc2nc(NC[C@H]3CCCCN3)cnc2c1. The third-order valence-corrected chi connectivity index (χ3v) is 3.68. The Kier molecular flexibility index (Phi) is 3.92. The molecule has 0 amide bonds. The van der Waals surface area contributed by atoms with E-state index < -0.39 is 4.92 Å². The number of non-ortho nitro benzene ring substituents is 1. The van der Waals surface area contributed by atoms with Crippen molar-refractivity contribution in [1.82, 2.24) is 15.3 Å². The third kappa shape index (κ3) is 3.25. The van der Waals surface area contributed by atoms with E-state index >= 15 is 0 Å². The molecular formula is C14H17N5O2. The van der Waals surface area contributed by atoms with E-state index in [-0.39, 0.29) is 5.69 Å².